The molecule has 25 heavy (non-hydrogen) atoms. The zero-order valence-electron chi connectivity index (χ0n) is 12.3. The normalized spacial score (nSPS) is 10.4. The van der Waals surface area contributed by atoms with E-state index < -0.39 is 57.5 Å². The van der Waals surface area contributed by atoms with Gasteiger partial charge in [0.2, 0.25) is 0 Å². The Kier molecular flexibility index (Phi) is 13.2. The van der Waals surface area contributed by atoms with Gasteiger partial charge in [0.15, 0.2) is 5.60 Å². The van der Waals surface area contributed by atoms with Crippen molar-refractivity contribution in [3.63, 3.8) is 0 Å². The number of halogens is 1. The van der Waals surface area contributed by atoms with Gasteiger partial charge in [0.1, 0.15) is 0 Å². The quantitative estimate of drug-likeness (QED) is 0.165. The first-order valence-electron chi connectivity index (χ1n) is 5.58. The number of hydrogen-bond acceptors (Lipinski definition) is 9. The van der Waals surface area contributed by atoms with Crippen LogP contribution in [0.3, 0.4) is 0 Å². The van der Waals surface area contributed by atoms with E-state index in [4.69, 9.17) is 35.2 Å². The Labute approximate surface area is 145 Å². The predicted octanol–water partition coefficient (Wildman–Crippen LogP) is -2.19. The lowest BCUT2D eigenvalue weighted by Gasteiger charge is -2.26. The number of phosphoric ester groups is 1. The molecule has 0 radical (unpaired) electrons. The van der Waals surface area contributed by atoms with Gasteiger partial charge in [-0.05, 0) is 0 Å². The van der Waals surface area contributed by atoms with Crippen molar-refractivity contribution in [3.8, 4) is 0 Å². The zero-order valence-corrected chi connectivity index (χ0v) is 14.0. The first-order valence-corrected chi connectivity index (χ1v) is 7.11. The SMILES string of the molecule is CC(=O)OP(=O)(O)O.Cl.O=C(O)CC(CC(=O)O)(OB(O)O)C(=O)O. The number of aliphatic carboxylic acids is 3. The van der Waals surface area contributed by atoms with Gasteiger partial charge < -0.3 is 34.5 Å². The van der Waals surface area contributed by atoms with Crippen LogP contribution >= 0.6 is 20.2 Å². The average molecular weight is 412 g/mol. The number of rotatable bonds is 8. The molecular weight excluding hydrogens is 397 g/mol. The largest absolute Gasteiger partial charge is 0.634 e. The highest BCUT2D eigenvalue weighted by molar-refractivity contribution is 7.46. The molecular formula is C8H15BClO14P. The third-order valence-corrected chi connectivity index (χ3v) is 2.34. The van der Waals surface area contributed by atoms with E-state index in [1.165, 1.54) is 0 Å². The van der Waals surface area contributed by atoms with Crippen molar-refractivity contribution in [1.82, 2.24) is 0 Å². The van der Waals surface area contributed by atoms with Gasteiger partial charge in [-0.2, -0.15) is 0 Å². The monoisotopic (exact) mass is 412 g/mol. The van der Waals surface area contributed by atoms with Crippen LogP contribution in [0.5, 0.6) is 0 Å². The van der Waals surface area contributed by atoms with Crippen molar-refractivity contribution in [1.29, 1.82) is 0 Å². The van der Waals surface area contributed by atoms with Crippen LogP contribution in [0, 0.1) is 0 Å². The molecule has 0 aliphatic heterocycles. The van der Waals surface area contributed by atoms with Gasteiger partial charge in [-0.3, -0.25) is 24.2 Å². The Morgan fingerprint density at radius 1 is 1.00 bits per heavy atom. The summed E-state index contributed by atoms with van der Waals surface area (Å²) in [5.41, 5.74) is -2.72. The van der Waals surface area contributed by atoms with E-state index in [2.05, 4.69) is 9.18 Å². The molecule has 14 nitrogen and oxygen atoms in total. The molecule has 0 saturated heterocycles. The van der Waals surface area contributed by atoms with E-state index in [0.29, 0.717) is 0 Å². The summed E-state index contributed by atoms with van der Waals surface area (Å²) in [6.07, 6.45) is -2.43. The molecule has 0 heterocycles. The van der Waals surface area contributed by atoms with E-state index in [1.807, 2.05) is 0 Å². The van der Waals surface area contributed by atoms with Crippen LogP contribution < -0.4 is 0 Å². The minimum atomic E-state index is -4.57. The molecule has 0 bridgehead atoms. The molecule has 17 heteroatoms. The molecule has 0 rings (SSSR count). The van der Waals surface area contributed by atoms with Crippen molar-refractivity contribution in [3.05, 3.63) is 0 Å². The lowest BCUT2D eigenvalue weighted by molar-refractivity contribution is -0.170. The maximum absolute atomic E-state index is 10.8. The van der Waals surface area contributed by atoms with Gasteiger partial charge in [0, 0.05) is 6.92 Å². The summed E-state index contributed by atoms with van der Waals surface area (Å²) in [6, 6.07) is 0. The van der Waals surface area contributed by atoms with Crippen LogP contribution in [0.2, 0.25) is 0 Å². The van der Waals surface area contributed by atoms with Gasteiger partial charge in [0.05, 0.1) is 12.8 Å². The summed E-state index contributed by atoms with van der Waals surface area (Å²) in [4.78, 5) is 57.0. The van der Waals surface area contributed by atoms with Crippen LogP contribution in [0.4, 0.5) is 0 Å². The van der Waals surface area contributed by atoms with Gasteiger partial charge in [-0.25, -0.2) is 9.36 Å². The molecule has 0 fully saturated rings. The van der Waals surface area contributed by atoms with Gasteiger partial charge >= 0.3 is 39.0 Å². The van der Waals surface area contributed by atoms with Crippen molar-refractivity contribution in [2.45, 2.75) is 25.4 Å². The molecule has 0 atom stereocenters. The summed E-state index contributed by atoms with van der Waals surface area (Å²) in [7, 11) is -7.16. The average Bonchev–Trinajstić information content (AvgIpc) is 2.21. The number of carbonyl (C=O) groups is 4. The lowest BCUT2D eigenvalue weighted by atomic mass is 9.93. The molecule has 0 aromatic carbocycles. The third-order valence-electron chi connectivity index (χ3n) is 1.84. The summed E-state index contributed by atoms with van der Waals surface area (Å²) < 4.78 is 17.2. The topological polar surface area (TPSA) is 245 Å². The summed E-state index contributed by atoms with van der Waals surface area (Å²) in [6.45, 7) is 0.916. The Balaban J connectivity index is -0.000000457. The summed E-state index contributed by atoms with van der Waals surface area (Å²) in [5, 5.41) is 42.4. The van der Waals surface area contributed by atoms with Crippen molar-refractivity contribution >= 4 is 51.4 Å². The van der Waals surface area contributed by atoms with E-state index in [0.717, 1.165) is 6.92 Å². The number of phosphoric acid groups is 1. The minimum Gasteiger partial charge on any atom is -0.481 e. The second kappa shape index (κ2) is 11.8. The summed E-state index contributed by atoms with van der Waals surface area (Å²) in [5.74, 6) is -6.20. The predicted molar refractivity (Wildman–Crippen MR) is 77.2 cm³/mol. The van der Waals surface area contributed by atoms with Crippen LogP contribution in [0.15, 0.2) is 0 Å². The maximum Gasteiger partial charge on any atom is 0.634 e. The highest BCUT2D eigenvalue weighted by Gasteiger charge is 2.46. The molecule has 0 amide bonds. The second-order valence-electron chi connectivity index (χ2n) is 3.96. The van der Waals surface area contributed by atoms with E-state index in [9.17, 15) is 23.7 Å². The fraction of sp³-hybridized carbons (Fsp3) is 0.500. The second-order valence-corrected chi connectivity index (χ2v) is 5.12. The van der Waals surface area contributed by atoms with Gasteiger partial charge in [0.25, 0.3) is 0 Å². The van der Waals surface area contributed by atoms with E-state index >= 15 is 0 Å². The number of carbonyl (C=O) groups excluding carboxylic acids is 1. The first-order chi connectivity index (χ1) is 10.6. The molecule has 0 aliphatic carbocycles. The van der Waals surface area contributed by atoms with Gasteiger partial charge in [-0.15, -0.1) is 12.4 Å². The molecule has 0 spiro atoms. The number of hydrogen-bond donors (Lipinski definition) is 7. The number of carboxylic acid groups (broad SMARTS) is 3. The standard InChI is InChI=1S/C6H9BO9.C2H5O5P.ClH/c8-3(9)1-6(5(12)13,2-4(10)11)16-7(14)15;1-2(3)7-8(4,5)6;/h14-15H,1-2H2,(H,8,9)(H,10,11)(H,12,13);1H3,(H2,4,5,6);1H. The Hall–Kier alpha value is -1.74. The molecule has 0 aromatic rings. The fourth-order valence-corrected chi connectivity index (χ4v) is 1.54. The van der Waals surface area contributed by atoms with E-state index in [-0.39, 0.29) is 12.4 Å². The molecule has 0 aromatic heterocycles. The van der Waals surface area contributed by atoms with Crippen LogP contribution in [0.25, 0.3) is 0 Å². The van der Waals surface area contributed by atoms with Crippen LogP contribution in [-0.4, -0.2) is 72.0 Å². The highest BCUT2D eigenvalue weighted by atomic mass is 35.5. The minimum absolute atomic E-state index is 0. The Morgan fingerprint density at radius 3 is 1.48 bits per heavy atom. The van der Waals surface area contributed by atoms with Crippen molar-refractivity contribution < 1.29 is 68.1 Å². The van der Waals surface area contributed by atoms with E-state index in [1.54, 1.807) is 0 Å². The van der Waals surface area contributed by atoms with Crippen molar-refractivity contribution in [2.24, 2.45) is 0 Å². The molecule has 0 saturated carbocycles. The molecule has 146 valence electrons. The number of carboxylic acids is 3. The smallest absolute Gasteiger partial charge is 0.481 e. The Morgan fingerprint density at radius 2 is 1.36 bits per heavy atom. The van der Waals surface area contributed by atoms with Crippen LogP contribution in [-0.2, 0) is 32.9 Å². The highest BCUT2D eigenvalue weighted by Crippen LogP contribution is 2.35. The Bertz CT molecular complexity index is 513. The zero-order chi connectivity index (χ0) is 19.7. The van der Waals surface area contributed by atoms with Crippen LogP contribution in [0.1, 0.15) is 19.8 Å². The molecule has 0 aliphatic rings. The van der Waals surface area contributed by atoms with Crippen molar-refractivity contribution in [2.75, 3.05) is 0 Å². The van der Waals surface area contributed by atoms with Gasteiger partial charge in [-0.1, -0.05) is 0 Å². The fourth-order valence-electron chi connectivity index (χ4n) is 1.21. The summed E-state index contributed by atoms with van der Waals surface area (Å²) >= 11 is 0. The molecule has 7 N–H and O–H groups in total. The molecule has 0 unspecified atom stereocenters. The first kappa shape index (κ1) is 28.1. The maximum atomic E-state index is 10.8. The third kappa shape index (κ3) is 15.5. The lowest BCUT2D eigenvalue weighted by Crippen LogP contribution is -2.49.